The highest BCUT2D eigenvalue weighted by Gasteiger charge is 2.05. The Hall–Kier alpha value is -2.66. The number of ether oxygens (including phenoxy) is 3. The SMILES string of the molecule is Cc1ccc(CCC(=O)OCCOCCOC(=O)CCc2ccc(C)cc2)cc1. The first-order valence-electron chi connectivity index (χ1n) is 10.0. The number of hydrogen-bond acceptors (Lipinski definition) is 5. The quantitative estimate of drug-likeness (QED) is 0.400. The van der Waals surface area contributed by atoms with Crippen molar-refractivity contribution in [3.63, 3.8) is 0 Å². The van der Waals surface area contributed by atoms with Crippen LogP contribution in [0.5, 0.6) is 0 Å². The fourth-order valence-electron chi connectivity index (χ4n) is 2.68. The second-order valence-corrected chi connectivity index (χ2v) is 7.02. The normalized spacial score (nSPS) is 10.6. The van der Waals surface area contributed by atoms with Gasteiger partial charge in [-0.15, -0.1) is 0 Å². The molecule has 2 aromatic rings. The molecule has 156 valence electrons. The van der Waals surface area contributed by atoms with Crippen molar-refractivity contribution >= 4 is 11.9 Å². The van der Waals surface area contributed by atoms with E-state index in [0.29, 0.717) is 25.7 Å². The minimum atomic E-state index is -0.239. The zero-order valence-corrected chi connectivity index (χ0v) is 17.3. The Kier molecular flexibility index (Phi) is 9.93. The van der Waals surface area contributed by atoms with Gasteiger partial charge in [-0.1, -0.05) is 59.7 Å². The van der Waals surface area contributed by atoms with Gasteiger partial charge >= 0.3 is 11.9 Å². The molecule has 0 unspecified atom stereocenters. The zero-order valence-electron chi connectivity index (χ0n) is 17.3. The van der Waals surface area contributed by atoms with Gasteiger partial charge in [0, 0.05) is 12.8 Å². The maximum Gasteiger partial charge on any atom is 0.306 e. The third-order valence-corrected chi connectivity index (χ3v) is 4.46. The lowest BCUT2D eigenvalue weighted by molar-refractivity contribution is -0.146. The minimum absolute atomic E-state index is 0.202. The van der Waals surface area contributed by atoms with Crippen molar-refractivity contribution < 1.29 is 23.8 Å². The summed E-state index contributed by atoms with van der Waals surface area (Å²) in [5.74, 6) is -0.478. The largest absolute Gasteiger partial charge is 0.463 e. The molecule has 2 rings (SSSR count). The van der Waals surface area contributed by atoms with Crippen molar-refractivity contribution in [2.24, 2.45) is 0 Å². The highest BCUT2D eigenvalue weighted by molar-refractivity contribution is 5.70. The van der Waals surface area contributed by atoms with Gasteiger partial charge in [-0.05, 0) is 37.8 Å². The summed E-state index contributed by atoms with van der Waals surface area (Å²) in [7, 11) is 0. The molecule has 0 aliphatic carbocycles. The second-order valence-electron chi connectivity index (χ2n) is 7.02. The molecule has 0 heterocycles. The maximum atomic E-state index is 11.7. The number of carbonyl (C=O) groups is 2. The Morgan fingerprint density at radius 2 is 1.00 bits per heavy atom. The van der Waals surface area contributed by atoms with Crippen LogP contribution in [0, 0.1) is 13.8 Å². The van der Waals surface area contributed by atoms with E-state index >= 15 is 0 Å². The van der Waals surface area contributed by atoms with E-state index in [9.17, 15) is 9.59 Å². The molecule has 0 aliphatic heterocycles. The van der Waals surface area contributed by atoms with E-state index in [1.165, 1.54) is 11.1 Å². The standard InChI is InChI=1S/C24H30O5/c1-19-3-7-21(8-4-19)11-13-23(25)28-17-15-27-16-18-29-24(26)14-12-22-9-5-20(2)6-10-22/h3-10H,11-18H2,1-2H3. The van der Waals surface area contributed by atoms with Crippen LogP contribution >= 0.6 is 0 Å². The fraction of sp³-hybridized carbons (Fsp3) is 0.417. The lowest BCUT2D eigenvalue weighted by Gasteiger charge is -2.08. The Bertz CT molecular complexity index is 684. The smallest absolute Gasteiger partial charge is 0.306 e. The number of esters is 2. The van der Waals surface area contributed by atoms with Gasteiger partial charge in [0.1, 0.15) is 13.2 Å². The third-order valence-electron chi connectivity index (χ3n) is 4.46. The summed E-state index contributed by atoms with van der Waals surface area (Å²) in [5.41, 5.74) is 4.64. The van der Waals surface area contributed by atoms with E-state index in [2.05, 4.69) is 0 Å². The van der Waals surface area contributed by atoms with E-state index in [-0.39, 0.29) is 38.4 Å². The molecule has 0 saturated carbocycles. The molecule has 5 nitrogen and oxygen atoms in total. The van der Waals surface area contributed by atoms with Crippen molar-refractivity contribution in [2.45, 2.75) is 39.5 Å². The molecule has 0 fully saturated rings. The number of rotatable bonds is 12. The summed E-state index contributed by atoms with van der Waals surface area (Å²) in [5, 5.41) is 0. The van der Waals surface area contributed by atoms with Crippen LogP contribution in [0.4, 0.5) is 0 Å². The number of benzene rings is 2. The van der Waals surface area contributed by atoms with Crippen LogP contribution in [-0.4, -0.2) is 38.4 Å². The second kappa shape index (κ2) is 12.7. The third kappa shape index (κ3) is 9.90. The van der Waals surface area contributed by atoms with Gasteiger partial charge in [0.05, 0.1) is 13.2 Å². The van der Waals surface area contributed by atoms with Crippen molar-refractivity contribution in [1.82, 2.24) is 0 Å². The fourth-order valence-corrected chi connectivity index (χ4v) is 2.68. The Labute approximate surface area is 173 Å². The van der Waals surface area contributed by atoms with Gasteiger partial charge in [0.15, 0.2) is 0 Å². The first kappa shape index (κ1) is 22.6. The summed E-state index contributed by atoms with van der Waals surface area (Å²) in [4.78, 5) is 23.4. The highest BCUT2D eigenvalue weighted by Crippen LogP contribution is 2.07. The van der Waals surface area contributed by atoms with Crippen LogP contribution in [0.25, 0.3) is 0 Å². The highest BCUT2D eigenvalue weighted by atomic mass is 16.6. The van der Waals surface area contributed by atoms with Gasteiger partial charge in [-0.3, -0.25) is 9.59 Å². The number of hydrogen-bond donors (Lipinski definition) is 0. The average Bonchev–Trinajstić information content (AvgIpc) is 2.72. The molecule has 0 aliphatic rings. The van der Waals surface area contributed by atoms with Crippen molar-refractivity contribution in [3.8, 4) is 0 Å². The Balaban J connectivity index is 1.44. The Morgan fingerprint density at radius 1 is 0.621 bits per heavy atom. The minimum Gasteiger partial charge on any atom is -0.463 e. The lowest BCUT2D eigenvalue weighted by atomic mass is 10.1. The van der Waals surface area contributed by atoms with E-state index in [1.54, 1.807) is 0 Å². The monoisotopic (exact) mass is 398 g/mol. The van der Waals surface area contributed by atoms with E-state index in [0.717, 1.165) is 11.1 Å². The molecule has 0 atom stereocenters. The predicted molar refractivity (Wildman–Crippen MR) is 112 cm³/mol. The molecule has 0 spiro atoms. The van der Waals surface area contributed by atoms with Gasteiger partial charge < -0.3 is 14.2 Å². The van der Waals surface area contributed by atoms with Crippen LogP contribution in [-0.2, 0) is 36.6 Å². The molecule has 0 saturated heterocycles. The van der Waals surface area contributed by atoms with Crippen LogP contribution in [0.1, 0.15) is 35.1 Å². The summed E-state index contributed by atoms with van der Waals surface area (Å²) < 4.78 is 15.6. The zero-order chi connectivity index (χ0) is 20.9. The molecule has 0 N–H and O–H groups in total. The van der Waals surface area contributed by atoms with Crippen LogP contribution < -0.4 is 0 Å². The number of carbonyl (C=O) groups excluding carboxylic acids is 2. The van der Waals surface area contributed by atoms with Gasteiger partial charge in [-0.2, -0.15) is 0 Å². The molecule has 0 radical (unpaired) electrons. The Morgan fingerprint density at radius 3 is 1.38 bits per heavy atom. The van der Waals surface area contributed by atoms with E-state index < -0.39 is 0 Å². The van der Waals surface area contributed by atoms with E-state index in [1.807, 2.05) is 62.4 Å². The molecule has 0 amide bonds. The van der Waals surface area contributed by atoms with Crippen molar-refractivity contribution in [1.29, 1.82) is 0 Å². The summed E-state index contributed by atoms with van der Waals surface area (Å²) >= 11 is 0. The molecular weight excluding hydrogens is 368 g/mol. The summed E-state index contributed by atoms with van der Waals surface area (Å²) in [6, 6.07) is 16.2. The topological polar surface area (TPSA) is 61.8 Å². The molecule has 5 heteroatoms. The molecular formula is C24H30O5. The van der Waals surface area contributed by atoms with Gasteiger partial charge in [0.25, 0.3) is 0 Å². The van der Waals surface area contributed by atoms with Crippen molar-refractivity contribution in [3.05, 3.63) is 70.8 Å². The number of aryl methyl sites for hydroxylation is 4. The van der Waals surface area contributed by atoms with Crippen LogP contribution in [0.15, 0.2) is 48.5 Å². The molecule has 29 heavy (non-hydrogen) atoms. The van der Waals surface area contributed by atoms with Crippen LogP contribution in [0.2, 0.25) is 0 Å². The van der Waals surface area contributed by atoms with Gasteiger partial charge in [0.2, 0.25) is 0 Å². The first-order chi connectivity index (χ1) is 14.0. The average molecular weight is 398 g/mol. The predicted octanol–water partition coefficient (Wildman–Crippen LogP) is 3.97. The van der Waals surface area contributed by atoms with E-state index in [4.69, 9.17) is 14.2 Å². The molecule has 2 aromatic carbocycles. The maximum absolute atomic E-state index is 11.7. The molecule has 0 aromatic heterocycles. The first-order valence-corrected chi connectivity index (χ1v) is 10.0. The van der Waals surface area contributed by atoms with Crippen LogP contribution in [0.3, 0.4) is 0 Å². The summed E-state index contributed by atoms with van der Waals surface area (Å²) in [6.45, 7) is 5.05. The van der Waals surface area contributed by atoms with Crippen molar-refractivity contribution in [2.75, 3.05) is 26.4 Å². The summed E-state index contributed by atoms with van der Waals surface area (Å²) in [6.07, 6.45) is 2.03. The van der Waals surface area contributed by atoms with Gasteiger partial charge in [-0.25, -0.2) is 0 Å². The molecule has 0 bridgehead atoms. The lowest BCUT2D eigenvalue weighted by Crippen LogP contribution is -2.15.